The number of rotatable bonds is 7. The summed E-state index contributed by atoms with van der Waals surface area (Å²) in [6, 6.07) is 10.6. The molecule has 8 nitrogen and oxygen atoms in total. The van der Waals surface area contributed by atoms with E-state index in [9.17, 15) is 15.3 Å². The van der Waals surface area contributed by atoms with Gasteiger partial charge in [0.05, 0.1) is 33.5 Å². The van der Waals surface area contributed by atoms with E-state index in [1.54, 1.807) is 31.4 Å². The highest BCUT2D eigenvalue weighted by molar-refractivity contribution is 5.79. The van der Waals surface area contributed by atoms with Gasteiger partial charge in [-0.3, -0.25) is 0 Å². The maximum atomic E-state index is 11.6. The zero-order valence-electron chi connectivity index (χ0n) is 20.3. The molecule has 0 saturated heterocycles. The first-order valence-corrected chi connectivity index (χ1v) is 12.0. The van der Waals surface area contributed by atoms with Gasteiger partial charge in [0.2, 0.25) is 5.75 Å². The first-order chi connectivity index (χ1) is 17.5. The van der Waals surface area contributed by atoms with Gasteiger partial charge in [0.25, 0.3) is 0 Å². The van der Waals surface area contributed by atoms with Gasteiger partial charge in [-0.25, -0.2) is 0 Å². The Hall–Kier alpha value is -3.62. The van der Waals surface area contributed by atoms with Crippen LogP contribution in [-0.2, 0) is 12.8 Å². The quantitative estimate of drug-likeness (QED) is 0.366. The molecule has 3 aromatic rings. The fraction of sp³-hybridized carbons (Fsp3) is 0.357. The van der Waals surface area contributed by atoms with E-state index < -0.39 is 12.0 Å². The van der Waals surface area contributed by atoms with Crippen LogP contribution in [0.3, 0.4) is 0 Å². The maximum absolute atomic E-state index is 11.6. The smallest absolute Gasteiger partial charge is 0.200 e. The van der Waals surface area contributed by atoms with Crippen molar-refractivity contribution < 1.29 is 39.4 Å². The molecule has 0 fully saturated rings. The van der Waals surface area contributed by atoms with E-state index in [0.29, 0.717) is 36.3 Å². The van der Waals surface area contributed by atoms with E-state index in [1.807, 2.05) is 12.1 Å². The van der Waals surface area contributed by atoms with Crippen LogP contribution in [0, 0.1) is 0 Å². The minimum atomic E-state index is -0.871. The van der Waals surface area contributed by atoms with Crippen LogP contribution in [0.1, 0.15) is 40.7 Å². The molecule has 0 spiro atoms. The summed E-state index contributed by atoms with van der Waals surface area (Å²) in [5.41, 5.74) is 5.26. The standard InChI is InChI=1S/C28H30O8/c1-33-23-13-16(30)12-20-17-6-7-22-26(19(17)5-4-18(20)23)27(31)21(14-36-22)15-10-24(34-2)28(32)25(11-15)35-9-3-8-29/h6-7,10-13,21,27,29-32H,3-5,8-9,14H2,1-2H3/t21-,27+/m1/s1. The molecule has 0 aromatic heterocycles. The molecule has 1 heterocycles. The lowest BCUT2D eigenvalue weighted by Crippen LogP contribution is -2.26. The molecule has 2 atom stereocenters. The van der Waals surface area contributed by atoms with Gasteiger partial charge in [-0.15, -0.1) is 0 Å². The average Bonchev–Trinajstić information content (AvgIpc) is 2.89. The third kappa shape index (κ3) is 4.06. The van der Waals surface area contributed by atoms with Gasteiger partial charge in [0.1, 0.15) is 17.2 Å². The lowest BCUT2D eigenvalue weighted by molar-refractivity contribution is 0.0877. The Morgan fingerprint density at radius 1 is 0.917 bits per heavy atom. The highest BCUT2D eigenvalue weighted by Gasteiger charge is 2.36. The Morgan fingerprint density at radius 3 is 2.42 bits per heavy atom. The molecule has 3 aromatic carbocycles. The third-order valence-corrected chi connectivity index (χ3v) is 7.01. The van der Waals surface area contributed by atoms with Crippen molar-refractivity contribution in [1.82, 2.24) is 0 Å². The highest BCUT2D eigenvalue weighted by atomic mass is 16.5. The SMILES string of the molecule is COc1cc([C@H]2COc3ccc4c(c3[C@H]2O)CCc2c(OC)cc(O)cc2-4)cc(OCCCO)c1O. The lowest BCUT2D eigenvalue weighted by Gasteiger charge is -2.35. The number of phenols is 2. The minimum Gasteiger partial charge on any atom is -0.508 e. The molecule has 8 heteroatoms. The fourth-order valence-corrected chi connectivity index (χ4v) is 5.26. The normalized spacial score (nSPS) is 17.9. The molecule has 0 radical (unpaired) electrons. The van der Waals surface area contributed by atoms with Gasteiger partial charge in [-0.2, -0.15) is 0 Å². The molecule has 0 bridgehead atoms. The van der Waals surface area contributed by atoms with Gasteiger partial charge in [0, 0.05) is 36.1 Å². The number of aromatic hydroxyl groups is 2. The summed E-state index contributed by atoms with van der Waals surface area (Å²) < 4.78 is 22.6. The summed E-state index contributed by atoms with van der Waals surface area (Å²) in [7, 11) is 3.05. The van der Waals surface area contributed by atoms with Crippen LogP contribution in [-0.4, -0.2) is 54.5 Å². The Balaban J connectivity index is 1.56. The van der Waals surface area contributed by atoms with Gasteiger partial charge < -0.3 is 39.4 Å². The van der Waals surface area contributed by atoms with Crippen molar-refractivity contribution in [3.63, 3.8) is 0 Å². The molecule has 1 aliphatic heterocycles. The Labute approximate surface area is 209 Å². The average molecular weight is 495 g/mol. The number of hydrogen-bond donors (Lipinski definition) is 4. The summed E-state index contributed by atoms with van der Waals surface area (Å²) in [4.78, 5) is 0. The number of aliphatic hydroxyl groups excluding tert-OH is 2. The number of fused-ring (bicyclic) bond motifs is 5. The van der Waals surface area contributed by atoms with E-state index in [-0.39, 0.29) is 42.8 Å². The van der Waals surface area contributed by atoms with Gasteiger partial charge >= 0.3 is 0 Å². The molecule has 0 amide bonds. The van der Waals surface area contributed by atoms with Crippen molar-refractivity contribution in [3.8, 4) is 45.6 Å². The zero-order valence-corrected chi connectivity index (χ0v) is 20.3. The van der Waals surface area contributed by atoms with E-state index in [4.69, 9.17) is 24.1 Å². The molecule has 5 rings (SSSR count). The van der Waals surface area contributed by atoms with Crippen LogP contribution in [0.25, 0.3) is 11.1 Å². The zero-order chi connectivity index (χ0) is 25.4. The van der Waals surface area contributed by atoms with Crippen molar-refractivity contribution in [2.45, 2.75) is 31.3 Å². The Bertz CT molecular complexity index is 1290. The van der Waals surface area contributed by atoms with Crippen LogP contribution < -0.4 is 18.9 Å². The summed E-state index contributed by atoms with van der Waals surface area (Å²) in [5.74, 6) is 1.30. The predicted molar refractivity (Wildman–Crippen MR) is 133 cm³/mol. The van der Waals surface area contributed by atoms with Crippen molar-refractivity contribution >= 4 is 0 Å². The molecule has 0 saturated carbocycles. The lowest BCUT2D eigenvalue weighted by atomic mass is 9.77. The summed E-state index contributed by atoms with van der Waals surface area (Å²) in [5, 5.41) is 41.5. The van der Waals surface area contributed by atoms with E-state index in [0.717, 1.165) is 27.8 Å². The first kappa shape index (κ1) is 24.1. The third-order valence-electron chi connectivity index (χ3n) is 7.01. The number of hydrogen-bond acceptors (Lipinski definition) is 8. The monoisotopic (exact) mass is 494 g/mol. The molecule has 190 valence electrons. The fourth-order valence-electron chi connectivity index (χ4n) is 5.26. The minimum absolute atomic E-state index is 0.0264. The van der Waals surface area contributed by atoms with Crippen molar-refractivity contribution in [1.29, 1.82) is 0 Å². The van der Waals surface area contributed by atoms with E-state index >= 15 is 0 Å². The van der Waals surface area contributed by atoms with Crippen LogP contribution in [0.15, 0.2) is 36.4 Å². The van der Waals surface area contributed by atoms with Crippen LogP contribution >= 0.6 is 0 Å². The molecular weight excluding hydrogens is 464 g/mol. The molecular formula is C28H30O8. The second-order valence-corrected chi connectivity index (χ2v) is 9.04. The summed E-state index contributed by atoms with van der Waals surface area (Å²) in [6.07, 6.45) is 0.940. The van der Waals surface area contributed by atoms with Gasteiger partial charge in [-0.1, -0.05) is 6.07 Å². The highest BCUT2D eigenvalue weighted by Crippen LogP contribution is 2.50. The van der Waals surface area contributed by atoms with Crippen molar-refractivity contribution in [2.75, 3.05) is 34.0 Å². The largest absolute Gasteiger partial charge is 0.508 e. The molecule has 2 aliphatic rings. The second-order valence-electron chi connectivity index (χ2n) is 9.04. The van der Waals surface area contributed by atoms with Gasteiger partial charge in [0.15, 0.2) is 11.5 Å². The van der Waals surface area contributed by atoms with Gasteiger partial charge in [-0.05, 0) is 59.4 Å². The van der Waals surface area contributed by atoms with Crippen LogP contribution in [0.2, 0.25) is 0 Å². The number of aliphatic hydroxyl groups is 2. The van der Waals surface area contributed by atoms with Crippen LogP contribution in [0.5, 0.6) is 34.5 Å². The molecule has 0 unspecified atom stereocenters. The van der Waals surface area contributed by atoms with E-state index in [2.05, 4.69) is 0 Å². The predicted octanol–water partition coefficient (Wildman–Crippen LogP) is 3.85. The summed E-state index contributed by atoms with van der Waals surface area (Å²) >= 11 is 0. The number of benzene rings is 3. The van der Waals surface area contributed by atoms with Crippen molar-refractivity contribution in [2.24, 2.45) is 0 Å². The molecule has 4 N–H and O–H groups in total. The van der Waals surface area contributed by atoms with E-state index in [1.165, 1.54) is 7.11 Å². The number of phenolic OH excluding ortho intramolecular Hbond substituents is 2. The Morgan fingerprint density at radius 2 is 1.67 bits per heavy atom. The van der Waals surface area contributed by atoms with Crippen LogP contribution in [0.4, 0.5) is 0 Å². The first-order valence-electron chi connectivity index (χ1n) is 12.0. The summed E-state index contributed by atoms with van der Waals surface area (Å²) in [6.45, 7) is 0.441. The molecule has 36 heavy (non-hydrogen) atoms. The van der Waals surface area contributed by atoms with Crippen molar-refractivity contribution in [3.05, 3.63) is 58.7 Å². The topological polar surface area (TPSA) is 118 Å². The Kier molecular flexibility index (Phi) is 6.55. The second kappa shape index (κ2) is 9.79. The maximum Gasteiger partial charge on any atom is 0.200 e. The molecule has 1 aliphatic carbocycles. The number of methoxy groups -OCH3 is 2. The number of ether oxygens (including phenoxy) is 4.